The molecule has 0 unspecified atom stereocenters. The summed E-state index contributed by atoms with van der Waals surface area (Å²) in [7, 11) is 0. The molecule has 90 valence electrons. The van der Waals surface area contributed by atoms with Crippen LogP contribution < -0.4 is 5.73 Å². The van der Waals surface area contributed by atoms with Gasteiger partial charge in [-0.3, -0.25) is 4.98 Å². The zero-order valence-corrected chi connectivity index (χ0v) is 10.2. The molecule has 0 aliphatic carbocycles. The number of rotatable bonds is 2. The molecule has 0 bridgehead atoms. The van der Waals surface area contributed by atoms with Gasteiger partial charge in [-0.25, -0.2) is 0 Å². The van der Waals surface area contributed by atoms with Gasteiger partial charge in [0.1, 0.15) is 11.5 Å². The number of hydrogen-bond acceptors (Lipinski definition) is 3. The van der Waals surface area contributed by atoms with Crippen molar-refractivity contribution >= 4 is 10.9 Å². The van der Waals surface area contributed by atoms with Crippen molar-refractivity contribution in [2.24, 2.45) is 5.73 Å². The van der Waals surface area contributed by atoms with Crippen LogP contribution in [0.2, 0.25) is 0 Å². The van der Waals surface area contributed by atoms with Crippen molar-refractivity contribution in [1.29, 1.82) is 0 Å². The van der Waals surface area contributed by atoms with E-state index >= 15 is 0 Å². The van der Waals surface area contributed by atoms with Crippen LogP contribution in [0.3, 0.4) is 0 Å². The molecule has 0 amide bonds. The third-order valence-electron chi connectivity index (χ3n) is 2.99. The second kappa shape index (κ2) is 4.27. The smallest absolute Gasteiger partial charge is 0.136 e. The summed E-state index contributed by atoms with van der Waals surface area (Å²) in [5, 5.41) is 1.11. The van der Waals surface area contributed by atoms with Crippen molar-refractivity contribution in [1.82, 2.24) is 4.98 Å². The molecule has 0 atom stereocenters. The standard InChI is InChI=1S/C15H14N2O/c1-10-5-6-11-3-2-4-13(15(11)17-10)14-8-7-12(9-16)18-14/h2-8H,9,16H2,1H3. The van der Waals surface area contributed by atoms with Crippen molar-refractivity contribution in [3.63, 3.8) is 0 Å². The van der Waals surface area contributed by atoms with Crippen molar-refractivity contribution in [2.45, 2.75) is 13.5 Å². The van der Waals surface area contributed by atoms with Gasteiger partial charge in [0.2, 0.25) is 0 Å². The summed E-state index contributed by atoms with van der Waals surface area (Å²) in [5.41, 5.74) is 8.55. The van der Waals surface area contributed by atoms with Crippen LogP contribution in [0.5, 0.6) is 0 Å². The van der Waals surface area contributed by atoms with Gasteiger partial charge >= 0.3 is 0 Å². The van der Waals surface area contributed by atoms with Gasteiger partial charge in [-0.05, 0) is 31.2 Å². The minimum atomic E-state index is 0.414. The molecule has 1 aromatic carbocycles. The molecule has 0 saturated heterocycles. The summed E-state index contributed by atoms with van der Waals surface area (Å²) in [6.45, 7) is 2.40. The molecule has 0 fully saturated rings. The maximum Gasteiger partial charge on any atom is 0.136 e. The van der Waals surface area contributed by atoms with Crippen LogP contribution >= 0.6 is 0 Å². The topological polar surface area (TPSA) is 52.0 Å². The molecule has 0 spiro atoms. The fraction of sp³-hybridized carbons (Fsp3) is 0.133. The van der Waals surface area contributed by atoms with Crippen molar-refractivity contribution in [2.75, 3.05) is 0 Å². The van der Waals surface area contributed by atoms with Gasteiger partial charge in [0.25, 0.3) is 0 Å². The lowest BCUT2D eigenvalue weighted by Crippen LogP contribution is -1.92. The van der Waals surface area contributed by atoms with E-state index in [0.717, 1.165) is 33.7 Å². The Bertz CT molecular complexity index is 701. The highest BCUT2D eigenvalue weighted by Crippen LogP contribution is 2.28. The molecule has 0 aliphatic rings. The van der Waals surface area contributed by atoms with E-state index in [-0.39, 0.29) is 0 Å². The van der Waals surface area contributed by atoms with Gasteiger partial charge in [0.15, 0.2) is 0 Å². The number of hydrogen-bond donors (Lipinski definition) is 1. The molecule has 0 radical (unpaired) electrons. The predicted octanol–water partition coefficient (Wildman–Crippen LogP) is 3.26. The van der Waals surface area contributed by atoms with Crippen LogP contribution in [-0.2, 0) is 6.54 Å². The molecule has 3 nitrogen and oxygen atoms in total. The number of furan rings is 1. The predicted molar refractivity (Wildman–Crippen MR) is 72.1 cm³/mol. The Balaban J connectivity index is 2.24. The molecule has 3 heteroatoms. The average molecular weight is 238 g/mol. The first-order valence-corrected chi connectivity index (χ1v) is 5.93. The number of pyridine rings is 1. The molecule has 0 saturated carbocycles. The number of nitrogens with two attached hydrogens (primary N) is 1. The minimum absolute atomic E-state index is 0.414. The molecular formula is C15H14N2O. The molecule has 0 aliphatic heterocycles. The van der Waals surface area contributed by atoms with Crippen LogP contribution in [0.25, 0.3) is 22.2 Å². The zero-order chi connectivity index (χ0) is 12.5. The summed E-state index contributed by atoms with van der Waals surface area (Å²) < 4.78 is 5.70. The first-order chi connectivity index (χ1) is 8.78. The Morgan fingerprint density at radius 3 is 2.78 bits per heavy atom. The lowest BCUT2D eigenvalue weighted by molar-refractivity contribution is 0.526. The van der Waals surface area contributed by atoms with Crippen LogP contribution in [0.4, 0.5) is 0 Å². The van der Waals surface area contributed by atoms with E-state index in [4.69, 9.17) is 10.2 Å². The van der Waals surface area contributed by atoms with E-state index in [0.29, 0.717) is 6.54 Å². The summed E-state index contributed by atoms with van der Waals surface area (Å²) in [6, 6.07) is 14.0. The lowest BCUT2D eigenvalue weighted by atomic mass is 10.1. The highest BCUT2D eigenvalue weighted by Gasteiger charge is 2.09. The van der Waals surface area contributed by atoms with Crippen molar-refractivity contribution in [3.8, 4) is 11.3 Å². The van der Waals surface area contributed by atoms with Crippen LogP contribution in [0.15, 0.2) is 46.9 Å². The zero-order valence-electron chi connectivity index (χ0n) is 10.2. The Hall–Kier alpha value is -2.13. The van der Waals surface area contributed by atoms with E-state index in [1.54, 1.807) is 0 Å². The van der Waals surface area contributed by atoms with Gasteiger partial charge in [-0.15, -0.1) is 0 Å². The van der Waals surface area contributed by atoms with E-state index in [9.17, 15) is 0 Å². The molecule has 3 rings (SSSR count). The Morgan fingerprint density at radius 2 is 2.00 bits per heavy atom. The number of fused-ring (bicyclic) bond motifs is 1. The number of para-hydroxylation sites is 1. The second-order valence-electron chi connectivity index (χ2n) is 4.30. The van der Waals surface area contributed by atoms with Gasteiger partial charge < -0.3 is 10.2 Å². The normalized spacial score (nSPS) is 11.0. The summed E-state index contributed by atoms with van der Waals surface area (Å²) in [4.78, 5) is 4.60. The van der Waals surface area contributed by atoms with Gasteiger partial charge in [-0.2, -0.15) is 0 Å². The quantitative estimate of drug-likeness (QED) is 0.745. The third kappa shape index (κ3) is 1.79. The van der Waals surface area contributed by atoms with E-state index in [1.165, 1.54) is 0 Å². The van der Waals surface area contributed by atoms with E-state index in [2.05, 4.69) is 17.1 Å². The summed E-state index contributed by atoms with van der Waals surface area (Å²) in [5.74, 6) is 1.61. The Labute approximate surface area is 105 Å². The average Bonchev–Trinajstić information content (AvgIpc) is 2.86. The molecule has 3 aromatic rings. The van der Waals surface area contributed by atoms with Gasteiger partial charge in [0, 0.05) is 16.6 Å². The maximum atomic E-state index is 5.70. The van der Waals surface area contributed by atoms with Crippen LogP contribution in [0, 0.1) is 6.92 Å². The molecule has 2 aromatic heterocycles. The van der Waals surface area contributed by atoms with Gasteiger partial charge in [-0.1, -0.05) is 18.2 Å². The van der Waals surface area contributed by atoms with Crippen molar-refractivity contribution < 1.29 is 4.42 Å². The first-order valence-electron chi connectivity index (χ1n) is 5.93. The second-order valence-corrected chi connectivity index (χ2v) is 4.30. The molecule has 18 heavy (non-hydrogen) atoms. The maximum absolute atomic E-state index is 5.70. The molecule has 2 N–H and O–H groups in total. The number of aromatic nitrogens is 1. The molecular weight excluding hydrogens is 224 g/mol. The largest absolute Gasteiger partial charge is 0.460 e. The number of nitrogens with zero attached hydrogens (tertiary/aromatic N) is 1. The Kier molecular flexibility index (Phi) is 2.61. The number of aryl methyl sites for hydroxylation is 1. The fourth-order valence-electron chi connectivity index (χ4n) is 2.08. The molecule has 2 heterocycles. The first kappa shape index (κ1) is 11.0. The summed E-state index contributed by atoms with van der Waals surface area (Å²) in [6.07, 6.45) is 0. The highest BCUT2D eigenvalue weighted by molar-refractivity contribution is 5.92. The highest BCUT2D eigenvalue weighted by atomic mass is 16.3. The Morgan fingerprint density at radius 1 is 1.11 bits per heavy atom. The minimum Gasteiger partial charge on any atom is -0.460 e. The van der Waals surface area contributed by atoms with E-state index < -0.39 is 0 Å². The monoisotopic (exact) mass is 238 g/mol. The van der Waals surface area contributed by atoms with Gasteiger partial charge in [0.05, 0.1) is 12.1 Å². The summed E-state index contributed by atoms with van der Waals surface area (Å²) >= 11 is 0. The van der Waals surface area contributed by atoms with Crippen molar-refractivity contribution in [3.05, 3.63) is 53.9 Å². The van der Waals surface area contributed by atoms with Crippen LogP contribution in [-0.4, -0.2) is 4.98 Å². The fourth-order valence-corrected chi connectivity index (χ4v) is 2.08. The lowest BCUT2D eigenvalue weighted by Gasteiger charge is -2.04. The number of benzene rings is 1. The van der Waals surface area contributed by atoms with Crippen LogP contribution in [0.1, 0.15) is 11.5 Å². The third-order valence-corrected chi connectivity index (χ3v) is 2.99. The van der Waals surface area contributed by atoms with E-state index in [1.807, 2.05) is 37.3 Å². The SMILES string of the molecule is Cc1ccc2cccc(-c3ccc(CN)o3)c2n1.